The van der Waals surface area contributed by atoms with E-state index in [0.717, 1.165) is 5.56 Å². The normalized spacial score (nSPS) is 34.3. The number of pyridine rings is 1. The van der Waals surface area contributed by atoms with Gasteiger partial charge in [0.25, 0.3) is 0 Å². The zero-order chi connectivity index (χ0) is 8.60. The molecule has 0 unspecified atom stereocenters. The summed E-state index contributed by atoms with van der Waals surface area (Å²) >= 11 is 0. The molecule has 1 heterocycles. The third-order valence-corrected chi connectivity index (χ3v) is 2.42. The summed E-state index contributed by atoms with van der Waals surface area (Å²) in [6.07, 6.45) is 4.71. The van der Waals surface area contributed by atoms with Crippen LogP contribution >= 0.6 is 0 Å². The van der Waals surface area contributed by atoms with Crippen LogP contribution in [0.25, 0.3) is 0 Å². The van der Waals surface area contributed by atoms with Gasteiger partial charge in [-0.1, -0.05) is 0 Å². The summed E-state index contributed by atoms with van der Waals surface area (Å²) in [7, 11) is 0. The van der Waals surface area contributed by atoms with Crippen molar-refractivity contribution in [3.8, 4) is 0 Å². The third kappa shape index (κ3) is 1.11. The van der Waals surface area contributed by atoms with Crippen molar-refractivity contribution in [2.45, 2.75) is 24.5 Å². The lowest BCUT2D eigenvalue weighted by molar-refractivity contribution is -0.0523. The minimum Gasteiger partial charge on any atom is -0.385 e. The molecule has 1 aliphatic rings. The summed E-state index contributed by atoms with van der Waals surface area (Å²) in [4.78, 5) is 3.89. The third-order valence-electron chi connectivity index (χ3n) is 2.42. The first kappa shape index (κ1) is 7.71. The maximum absolute atomic E-state index is 9.94. The predicted molar refractivity (Wildman–Crippen MR) is 45.3 cm³/mol. The van der Waals surface area contributed by atoms with Gasteiger partial charge in [-0.25, -0.2) is 0 Å². The van der Waals surface area contributed by atoms with E-state index in [-0.39, 0.29) is 6.04 Å². The Morgan fingerprint density at radius 3 is 2.50 bits per heavy atom. The van der Waals surface area contributed by atoms with Gasteiger partial charge in [-0.15, -0.1) is 0 Å². The summed E-state index contributed by atoms with van der Waals surface area (Å²) in [5.41, 5.74) is 5.87. The van der Waals surface area contributed by atoms with Crippen LogP contribution in [-0.2, 0) is 5.60 Å². The van der Waals surface area contributed by atoms with Gasteiger partial charge in [0.2, 0.25) is 0 Å². The highest BCUT2D eigenvalue weighted by Gasteiger charge is 2.41. The van der Waals surface area contributed by atoms with E-state index in [1.54, 1.807) is 12.4 Å². The van der Waals surface area contributed by atoms with E-state index in [0.29, 0.717) is 12.8 Å². The fourth-order valence-corrected chi connectivity index (χ4v) is 1.71. The maximum atomic E-state index is 9.94. The minimum atomic E-state index is -0.678. The van der Waals surface area contributed by atoms with Crippen LogP contribution in [0, 0.1) is 0 Å². The van der Waals surface area contributed by atoms with Crippen molar-refractivity contribution < 1.29 is 5.11 Å². The Bertz CT molecular complexity index is 267. The van der Waals surface area contributed by atoms with Crippen LogP contribution in [0.1, 0.15) is 18.4 Å². The fraction of sp³-hybridized carbons (Fsp3) is 0.444. The van der Waals surface area contributed by atoms with Crippen molar-refractivity contribution in [2.75, 3.05) is 0 Å². The summed E-state index contributed by atoms with van der Waals surface area (Å²) in [5.74, 6) is 0. The highest BCUT2D eigenvalue weighted by atomic mass is 16.3. The maximum Gasteiger partial charge on any atom is 0.0927 e. The first-order chi connectivity index (χ1) is 5.71. The first-order valence-electron chi connectivity index (χ1n) is 4.09. The number of nitrogens with zero attached hydrogens (tertiary/aromatic N) is 1. The zero-order valence-electron chi connectivity index (χ0n) is 6.77. The molecular formula is C9H12N2O. The monoisotopic (exact) mass is 164 g/mol. The van der Waals surface area contributed by atoms with E-state index >= 15 is 0 Å². The molecular weight excluding hydrogens is 152 g/mol. The van der Waals surface area contributed by atoms with Gasteiger partial charge in [-0.3, -0.25) is 4.98 Å². The molecule has 0 aromatic carbocycles. The average Bonchev–Trinajstić information content (AvgIpc) is 2.04. The van der Waals surface area contributed by atoms with E-state index in [4.69, 9.17) is 5.73 Å². The van der Waals surface area contributed by atoms with Crippen LogP contribution in [0.15, 0.2) is 24.5 Å². The van der Waals surface area contributed by atoms with Crippen molar-refractivity contribution in [3.63, 3.8) is 0 Å². The Hall–Kier alpha value is -0.930. The lowest BCUT2D eigenvalue weighted by Gasteiger charge is -2.42. The first-order valence-corrected chi connectivity index (χ1v) is 4.09. The second-order valence-electron chi connectivity index (χ2n) is 3.44. The van der Waals surface area contributed by atoms with Gasteiger partial charge in [0, 0.05) is 18.4 Å². The molecule has 1 aliphatic carbocycles. The molecule has 0 saturated heterocycles. The zero-order valence-corrected chi connectivity index (χ0v) is 6.77. The second kappa shape index (κ2) is 2.54. The molecule has 1 fully saturated rings. The van der Waals surface area contributed by atoms with E-state index in [9.17, 15) is 5.11 Å². The van der Waals surface area contributed by atoms with Crippen LogP contribution < -0.4 is 5.73 Å². The van der Waals surface area contributed by atoms with Gasteiger partial charge in [0.1, 0.15) is 0 Å². The lowest BCUT2D eigenvalue weighted by Crippen LogP contribution is -2.49. The molecule has 12 heavy (non-hydrogen) atoms. The fourth-order valence-electron chi connectivity index (χ4n) is 1.71. The van der Waals surface area contributed by atoms with Gasteiger partial charge >= 0.3 is 0 Å². The molecule has 0 radical (unpaired) electrons. The Balaban J connectivity index is 2.21. The smallest absolute Gasteiger partial charge is 0.0927 e. The molecule has 0 amide bonds. The van der Waals surface area contributed by atoms with E-state index in [1.165, 1.54) is 0 Å². The van der Waals surface area contributed by atoms with Crippen LogP contribution in [-0.4, -0.2) is 16.1 Å². The Labute approximate surface area is 71.2 Å². The molecule has 1 saturated carbocycles. The topological polar surface area (TPSA) is 59.1 Å². The molecule has 2 rings (SSSR count). The molecule has 3 nitrogen and oxygen atoms in total. The Morgan fingerprint density at radius 2 is 2.00 bits per heavy atom. The SMILES string of the molecule is NC1CC(O)(c2ccncc2)C1. The van der Waals surface area contributed by atoms with Crippen molar-refractivity contribution in [2.24, 2.45) is 5.73 Å². The van der Waals surface area contributed by atoms with Gasteiger partial charge < -0.3 is 10.8 Å². The standard InChI is InChI=1S/C9H12N2O/c10-8-5-9(12,6-8)7-1-3-11-4-2-7/h1-4,8,12H,5-6,10H2. The molecule has 3 N–H and O–H groups in total. The lowest BCUT2D eigenvalue weighted by atomic mass is 9.72. The number of rotatable bonds is 1. The Morgan fingerprint density at radius 1 is 1.42 bits per heavy atom. The molecule has 1 aromatic rings. The molecule has 64 valence electrons. The summed E-state index contributed by atoms with van der Waals surface area (Å²) in [6, 6.07) is 3.83. The Kier molecular flexibility index (Phi) is 1.63. The van der Waals surface area contributed by atoms with Crippen LogP contribution in [0.4, 0.5) is 0 Å². The molecule has 0 spiro atoms. The second-order valence-corrected chi connectivity index (χ2v) is 3.44. The summed E-state index contributed by atoms with van der Waals surface area (Å²) in [5, 5.41) is 9.94. The average molecular weight is 164 g/mol. The highest BCUT2D eigenvalue weighted by molar-refractivity contribution is 5.23. The van der Waals surface area contributed by atoms with E-state index in [2.05, 4.69) is 4.98 Å². The van der Waals surface area contributed by atoms with Gasteiger partial charge in [0.05, 0.1) is 5.60 Å². The number of hydrogen-bond donors (Lipinski definition) is 2. The van der Waals surface area contributed by atoms with Crippen LogP contribution in [0.3, 0.4) is 0 Å². The highest BCUT2D eigenvalue weighted by Crippen LogP contribution is 2.39. The molecule has 1 aromatic heterocycles. The van der Waals surface area contributed by atoms with E-state index in [1.807, 2.05) is 12.1 Å². The van der Waals surface area contributed by atoms with Gasteiger partial charge in [0.15, 0.2) is 0 Å². The molecule has 0 atom stereocenters. The van der Waals surface area contributed by atoms with Crippen LogP contribution in [0.5, 0.6) is 0 Å². The molecule has 0 bridgehead atoms. The molecule has 3 heteroatoms. The number of nitrogens with two attached hydrogens (primary N) is 1. The largest absolute Gasteiger partial charge is 0.385 e. The van der Waals surface area contributed by atoms with E-state index < -0.39 is 5.60 Å². The number of aliphatic hydroxyl groups is 1. The van der Waals surface area contributed by atoms with Gasteiger partial charge in [-0.05, 0) is 30.5 Å². The quantitative estimate of drug-likeness (QED) is 0.631. The van der Waals surface area contributed by atoms with Gasteiger partial charge in [-0.2, -0.15) is 0 Å². The van der Waals surface area contributed by atoms with Crippen LogP contribution in [0.2, 0.25) is 0 Å². The number of hydrogen-bond acceptors (Lipinski definition) is 3. The summed E-state index contributed by atoms with van der Waals surface area (Å²) < 4.78 is 0. The van der Waals surface area contributed by atoms with Crippen molar-refractivity contribution in [3.05, 3.63) is 30.1 Å². The predicted octanol–water partition coefficient (Wildman–Crippen LogP) is 0.390. The number of aromatic nitrogens is 1. The minimum absolute atomic E-state index is 0.156. The summed E-state index contributed by atoms with van der Waals surface area (Å²) in [6.45, 7) is 0. The molecule has 0 aliphatic heterocycles. The van der Waals surface area contributed by atoms with Crippen molar-refractivity contribution in [1.29, 1.82) is 0 Å². The van der Waals surface area contributed by atoms with Crippen molar-refractivity contribution in [1.82, 2.24) is 4.98 Å². The van der Waals surface area contributed by atoms with Crippen molar-refractivity contribution >= 4 is 0 Å².